The number of ether oxygens (including phenoxy) is 1. The summed E-state index contributed by atoms with van der Waals surface area (Å²) in [5, 5.41) is 20.3. The summed E-state index contributed by atoms with van der Waals surface area (Å²) < 4.78 is 5.60. The summed E-state index contributed by atoms with van der Waals surface area (Å²) in [5.74, 6) is 0.725. The lowest BCUT2D eigenvalue weighted by atomic mass is 9.69. The van der Waals surface area contributed by atoms with Crippen LogP contribution in [0.1, 0.15) is 39.2 Å². The standard InChI is InChI=1S/C16H21NO2/c1-15(2,3)10-14(18)16(11-17)8-9-19-13-7-5-4-6-12(13)16/h4-7,14,18H,8-10H2,1-3H3. The Hall–Kier alpha value is -1.53. The van der Waals surface area contributed by atoms with Crippen molar-refractivity contribution in [3.8, 4) is 11.8 Å². The summed E-state index contributed by atoms with van der Waals surface area (Å²) in [4.78, 5) is 0. The third-order valence-corrected chi connectivity index (χ3v) is 3.70. The number of aliphatic hydroxyl groups is 1. The Labute approximate surface area is 114 Å². The average molecular weight is 259 g/mol. The van der Waals surface area contributed by atoms with E-state index in [2.05, 4.69) is 26.8 Å². The fourth-order valence-electron chi connectivity index (χ4n) is 2.71. The molecule has 0 spiro atoms. The molecule has 3 heteroatoms. The van der Waals surface area contributed by atoms with Gasteiger partial charge in [0.05, 0.1) is 18.8 Å². The topological polar surface area (TPSA) is 53.2 Å². The van der Waals surface area contributed by atoms with Crippen LogP contribution in [-0.2, 0) is 5.41 Å². The number of rotatable bonds is 2. The number of aliphatic hydroxyl groups excluding tert-OH is 1. The SMILES string of the molecule is CC(C)(C)CC(O)C1(C#N)CCOc2ccccc21. The van der Waals surface area contributed by atoms with Gasteiger partial charge in [0.2, 0.25) is 0 Å². The maximum absolute atomic E-state index is 10.6. The van der Waals surface area contributed by atoms with Gasteiger partial charge < -0.3 is 9.84 Å². The van der Waals surface area contributed by atoms with Gasteiger partial charge in [-0.05, 0) is 17.9 Å². The largest absolute Gasteiger partial charge is 0.493 e. The molecule has 0 aromatic heterocycles. The molecule has 1 aromatic rings. The van der Waals surface area contributed by atoms with Crippen LogP contribution in [0.4, 0.5) is 0 Å². The van der Waals surface area contributed by atoms with E-state index in [0.717, 1.165) is 11.3 Å². The molecular weight excluding hydrogens is 238 g/mol. The summed E-state index contributed by atoms with van der Waals surface area (Å²) in [5.41, 5.74) is -0.0426. The lowest BCUT2D eigenvalue weighted by Gasteiger charge is -2.39. The molecule has 2 rings (SSSR count). The van der Waals surface area contributed by atoms with Gasteiger partial charge in [-0.3, -0.25) is 0 Å². The van der Waals surface area contributed by atoms with Crippen molar-refractivity contribution in [3.05, 3.63) is 29.8 Å². The monoisotopic (exact) mass is 259 g/mol. The minimum Gasteiger partial charge on any atom is -0.493 e. The van der Waals surface area contributed by atoms with Gasteiger partial charge in [-0.15, -0.1) is 0 Å². The molecule has 0 bridgehead atoms. The molecule has 1 N–H and O–H groups in total. The molecule has 0 radical (unpaired) electrons. The highest BCUT2D eigenvalue weighted by Gasteiger charge is 2.45. The number of hydrogen-bond donors (Lipinski definition) is 1. The molecule has 0 aliphatic carbocycles. The number of nitriles is 1. The highest BCUT2D eigenvalue weighted by molar-refractivity contribution is 5.46. The van der Waals surface area contributed by atoms with Gasteiger partial charge >= 0.3 is 0 Å². The highest BCUT2D eigenvalue weighted by atomic mass is 16.5. The van der Waals surface area contributed by atoms with Gasteiger partial charge in [0.1, 0.15) is 11.2 Å². The van der Waals surface area contributed by atoms with Crippen molar-refractivity contribution in [1.82, 2.24) is 0 Å². The van der Waals surface area contributed by atoms with Crippen LogP contribution in [0.5, 0.6) is 5.75 Å². The number of fused-ring (bicyclic) bond motifs is 1. The van der Waals surface area contributed by atoms with Crippen LogP contribution in [0.3, 0.4) is 0 Å². The van der Waals surface area contributed by atoms with Gasteiger partial charge in [0.15, 0.2) is 0 Å². The van der Waals surface area contributed by atoms with E-state index in [1.54, 1.807) is 0 Å². The highest BCUT2D eigenvalue weighted by Crippen LogP contribution is 2.43. The van der Waals surface area contributed by atoms with Gasteiger partial charge in [-0.25, -0.2) is 0 Å². The van der Waals surface area contributed by atoms with E-state index in [0.29, 0.717) is 19.4 Å². The van der Waals surface area contributed by atoms with Crippen molar-refractivity contribution in [2.24, 2.45) is 5.41 Å². The molecule has 19 heavy (non-hydrogen) atoms. The predicted octanol–water partition coefficient (Wildman–Crippen LogP) is 3.03. The summed E-state index contributed by atoms with van der Waals surface area (Å²) >= 11 is 0. The number of benzene rings is 1. The predicted molar refractivity (Wildman–Crippen MR) is 73.9 cm³/mol. The van der Waals surface area contributed by atoms with E-state index in [1.165, 1.54) is 0 Å². The molecule has 0 amide bonds. The number of nitrogens with zero attached hydrogens (tertiary/aromatic N) is 1. The second-order valence-corrected chi connectivity index (χ2v) is 6.46. The second-order valence-electron chi connectivity index (χ2n) is 6.46. The van der Waals surface area contributed by atoms with Crippen LogP contribution in [-0.4, -0.2) is 17.8 Å². The third kappa shape index (κ3) is 2.59. The number of para-hydroxylation sites is 1. The normalized spacial score (nSPS) is 23.9. The van der Waals surface area contributed by atoms with Crippen LogP contribution in [0.25, 0.3) is 0 Å². The van der Waals surface area contributed by atoms with Crippen LogP contribution in [0.15, 0.2) is 24.3 Å². The molecular formula is C16H21NO2. The van der Waals surface area contributed by atoms with E-state index < -0.39 is 11.5 Å². The molecule has 0 saturated carbocycles. The second kappa shape index (κ2) is 4.86. The van der Waals surface area contributed by atoms with E-state index in [9.17, 15) is 10.4 Å². The Balaban J connectivity index is 2.42. The Morgan fingerprint density at radius 1 is 1.42 bits per heavy atom. The smallest absolute Gasteiger partial charge is 0.124 e. The van der Waals surface area contributed by atoms with E-state index in [-0.39, 0.29) is 5.41 Å². The minimum absolute atomic E-state index is 0.0173. The first-order valence-corrected chi connectivity index (χ1v) is 6.71. The number of hydrogen-bond acceptors (Lipinski definition) is 3. The third-order valence-electron chi connectivity index (χ3n) is 3.70. The lowest BCUT2D eigenvalue weighted by Crippen LogP contribution is -2.44. The Kier molecular flexibility index (Phi) is 3.56. The van der Waals surface area contributed by atoms with Gasteiger partial charge in [-0.2, -0.15) is 5.26 Å². The van der Waals surface area contributed by atoms with Crippen LogP contribution >= 0.6 is 0 Å². The first kappa shape index (κ1) is 13.9. The quantitative estimate of drug-likeness (QED) is 0.888. The summed E-state index contributed by atoms with van der Waals surface area (Å²) in [6.45, 7) is 6.71. The molecule has 1 heterocycles. The van der Waals surface area contributed by atoms with Crippen LogP contribution in [0, 0.1) is 16.7 Å². The molecule has 2 atom stereocenters. The van der Waals surface area contributed by atoms with E-state index >= 15 is 0 Å². The molecule has 0 fully saturated rings. The zero-order chi connectivity index (χ0) is 14.1. The summed E-state index contributed by atoms with van der Waals surface area (Å²) in [6.07, 6.45) is 0.453. The van der Waals surface area contributed by atoms with Crippen molar-refractivity contribution >= 4 is 0 Å². The minimum atomic E-state index is -0.845. The summed E-state index contributed by atoms with van der Waals surface area (Å²) in [7, 11) is 0. The Bertz CT molecular complexity index is 498. The van der Waals surface area contributed by atoms with Crippen molar-refractivity contribution in [1.29, 1.82) is 5.26 Å². The molecule has 1 aliphatic rings. The van der Waals surface area contributed by atoms with E-state index in [1.807, 2.05) is 24.3 Å². The maximum Gasteiger partial charge on any atom is 0.124 e. The fraction of sp³-hybridized carbons (Fsp3) is 0.562. The first-order valence-electron chi connectivity index (χ1n) is 6.71. The first-order chi connectivity index (χ1) is 8.89. The Morgan fingerprint density at radius 2 is 2.11 bits per heavy atom. The molecule has 1 aromatic carbocycles. The molecule has 102 valence electrons. The van der Waals surface area contributed by atoms with Crippen LogP contribution < -0.4 is 4.74 Å². The van der Waals surface area contributed by atoms with Gasteiger partial charge in [-0.1, -0.05) is 39.0 Å². The molecule has 1 aliphatic heterocycles. The van der Waals surface area contributed by atoms with E-state index in [4.69, 9.17) is 4.74 Å². The van der Waals surface area contributed by atoms with Crippen molar-refractivity contribution in [2.45, 2.75) is 45.1 Å². The Morgan fingerprint density at radius 3 is 2.74 bits per heavy atom. The zero-order valence-electron chi connectivity index (χ0n) is 11.8. The van der Waals surface area contributed by atoms with Crippen molar-refractivity contribution in [2.75, 3.05) is 6.61 Å². The average Bonchev–Trinajstić information content (AvgIpc) is 2.36. The molecule has 0 saturated heterocycles. The summed E-state index contributed by atoms with van der Waals surface area (Å²) in [6, 6.07) is 9.91. The van der Waals surface area contributed by atoms with Crippen LogP contribution in [0.2, 0.25) is 0 Å². The molecule has 2 unspecified atom stereocenters. The molecule has 3 nitrogen and oxygen atoms in total. The zero-order valence-corrected chi connectivity index (χ0v) is 11.8. The van der Waals surface area contributed by atoms with Crippen molar-refractivity contribution in [3.63, 3.8) is 0 Å². The maximum atomic E-state index is 10.6. The van der Waals surface area contributed by atoms with Crippen molar-refractivity contribution < 1.29 is 9.84 Å². The van der Waals surface area contributed by atoms with Gasteiger partial charge in [0.25, 0.3) is 0 Å². The lowest BCUT2D eigenvalue weighted by molar-refractivity contribution is 0.0474. The fourth-order valence-corrected chi connectivity index (χ4v) is 2.71. The van der Waals surface area contributed by atoms with Gasteiger partial charge in [0, 0.05) is 12.0 Å².